The van der Waals surface area contributed by atoms with Crippen molar-refractivity contribution in [1.82, 2.24) is 13.9 Å². The van der Waals surface area contributed by atoms with E-state index in [1.54, 1.807) is 30.7 Å². The van der Waals surface area contributed by atoms with Crippen molar-refractivity contribution in [2.45, 2.75) is 11.4 Å². The normalized spacial score (nSPS) is 14.6. The van der Waals surface area contributed by atoms with Crippen LogP contribution in [-0.4, -0.2) is 48.5 Å². The third-order valence-electron chi connectivity index (χ3n) is 6.47. The van der Waals surface area contributed by atoms with Crippen LogP contribution in [0.15, 0.2) is 90.3 Å². The molecule has 38 heavy (non-hydrogen) atoms. The summed E-state index contributed by atoms with van der Waals surface area (Å²) >= 11 is 6.35. The lowest BCUT2D eigenvalue weighted by Crippen LogP contribution is -2.48. The Labute approximate surface area is 227 Å². The SMILES string of the molecule is N#Cc1cccc(S(=O)(=O)N2CCN(c3ccc(C=Cc4cc(Cl)cc(Cn5ccnc5)c4)cc3)CC2)c1. The van der Waals surface area contributed by atoms with Crippen molar-refractivity contribution in [3.8, 4) is 6.07 Å². The van der Waals surface area contributed by atoms with Gasteiger partial charge in [0.25, 0.3) is 0 Å². The molecule has 0 amide bonds. The summed E-state index contributed by atoms with van der Waals surface area (Å²) in [6.45, 7) is 2.66. The number of halogens is 1. The van der Waals surface area contributed by atoms with Gasteiger partial charge in [0.2, 0.25) is 10.0 Å². The van der Waals surface area contributed by atoms with Gasteiger partial charge in [0.05, 0.1) is 22.9 Å². The van der Waals surface area contributed by atoms with Crippen LogP contribution in [0.25, 0.3) is 12.2 Å². The number of nitrogens with zero attached hydrogens (tertiary/aromatic N) is 5. The molecule has 0 aliphatic carbocycles. The first-order chi connectivity index (χ1) is 18.4. The Balaban J connectivity index is 1.21. The maximum atomic E-state index is 13.0. The van der Waals surface area contributed by atoms with Gasteiger partial charge in [0.15, 0.2) is 0 Å². The highest BCUT2D eigenvalue weighted by Gasteiger charge is 2.28. The zero-order valence-electron chi connectivity index (χ0n) is 20.6. The van der Waals surface area contributed by atoms with Crippen LogP contribution in [0.1, 0.15) is 22.3 Å². The van der Waals surface area contributed by atoms with Crippen LogP contribution in [-0.2, 0) is 16.6 Å². The molecule has 0 bridgehead atoms. The van der Waals surface area contributed by atoms with Crippen molar-refractivity contribution in [2.24, 2.45) is 0 Å². The number of aromatic nitrogens is 2. The van der Waals surface area contributed by atoms with Gasteiger partial charge in [-0.2, -0.15) is 9.57 Å². The van der Waals surface area contributed by atoms with Crippen molar-refractivity contribution < 1.29 is 8.42 Å². The maximum absolute atomic E-state index is 13.0. The first-order valence-electron chi connectivity index (χ1n) is 12.2. The van der Waals surface area contributed by atoms with Crippen molar-refractivity contribution in [1.29, 1.82) is 5.26 Å². The molecule has 7 nitrogen and oxygen atoms in total. The summed E-state index contributed by atoms with van der Waals surface area (Å²) in [5, 5.41) is 9.79. The minimum atomic E-state index is -3.63. The quantitative estimate of drug-likeness (QED) is 0.301. The third kappa shape index (κ3) is 5.97. The fourth-order valence-corrected chi connectivity index (χ4v) is 6.24. The summed E-state index contributed by atoms with van der Waals surface area (Å²) in [6, 6.07) is 22.4. The average Bonchev–Trinajstić information content (AvgIpc) is 3.45. The maximum Gasteiger partial charge on any atom is 0.243 e. The van der Waals surface area contributed by atoms with Crippen LogP contribution >= 0.6 is 11.6 Å². The molecule has 0 radical (unpaired) electrons. The van der Waals surface area contributed by atoms with E-state index in [0.717, 1.165) is 22.4 Å². The summed E-state index contributed by atoms with van der Waals surface area (Å²) in [5.74, 6) is 0. The van der Waals surface area contributed by atoms with Crippen molar-refractivity contribution in [3.05, 3.63) is 113 Å². The fourth-order valence-electron chi connectivity index (χ4n) is 4.50. The molecule has 192 valence electrons. The molecular weight excluding hydrogens is 518 g/mol. The number of hydrogen-bond acceptors (Lipinski definition) is 5. The van der Waals surface area contributed by atoms with E-state index in [4.69, 9.17) is 16.9 Å². The van der Waals surface area contributed by atoms with Gasteiger partial charge in [-0.3, -0.25) is 0 Å². The summed E-state index contributed by atoms with van der Waals surface area (Å²) in [7, 11) is -3.63. The topological polar surface area (TPSA) is 82.2 Å². The molecule has 0 unspecified atom stereocenters. The highest BCUT2D eigenvalue weighted by atomic mass is 35.5. The predicted octanol–water partition coefficient (Wildman–Crippen LogP) is 5.14. The van der Waals surface area contributed by atoms with Gasteiger partial charge in [-0.05, 0) is 65.2 Å². The first kappa shape index (κ1) is 25.7. The van der Waals surface area contributed by atoms with Crippen molar-refractivity contribution in [2.75, 3.05) is 31.1 Å². The van der Waals surface area contributed by atoms with Crippen molar-refractivity contribution in [3.63, 3.8) is 0 Å². The Kier molecular flexibility index (Phi) is 7.61. The Morgan fingerprint density at radius 1 is 0.947 bits per heavy atom. The second kappa shape index (κ2) is 11.2. The number of imidazole rings is 1. The number of benzene rings is 3. The van der Waals surface area contributed by atoms with Crippen LogP contribution in [0.2, 0.25) is 5.02 Å². The highest BCUT2D eigenvalue weighted by Crippen LogP contribution is 2.23. The second-order valence-electron chi connectivity index (χ2n) is 9.08. The van der Waals surface area contributed by atoms with E-state index < -0.39 is 10.0 Å². The molecule has 2 heterocycles. The van der Waals surface area contributed by atoms with Crippen LogP contribution in [0.5, 0.6) is 0 Å². The van der Waals surface area contributed by atoms with Gasteiger partial charge in [0.1, 0.15) is 0 Å². The molecule has 0 atom stereocenters. The lowest BCUT2D eigenvalue weighted by molar-refractivity contribution is 0.385. The molecule has 4 aromatic rings. The molecule has 5 rings (SSSR count). The zero-order chi connectivity index (χ0) is 26.5. The summed E-state index contributed by atoms with van der Waals surface area (Å²) in [4.78, 5) is 6.43. The molecule has 9 heteroatoms. The number of hydrogen-bond donors (Lipinski definition) is 0. The lowest BCUT2D eigenvalue weighted by Gasteiger charge is -2.35. The summed E-state index contributed by atoms with van der Waals surface area (Å²) < 4.78 is 29.6. The van der Waals surface area contributed by atoms with Gasteiger partial charge in [-0.25, -0.2) is 13.4 Å². The largest absolute Gasteiger partial charge is 0.369 e. The molecule has 1 saturated heterocycles. The standard InChI is InChI=1S/C29H26ClN5O2S/c30-27-17-24(16-26(18-27)21-33-11-10-32-22-33)5-4-23-6-8-28(9-7-23)34-12-14-35(15-13-34)38(36,37)29-3-1-2-25(19-29)20-31/h1-11,16-19,22H,12-15,21H2. The van der Waals surface area contributed by atoms with E-state index in [0.29, 0.717) is 43.3 Å². The number of nitriles is 1. The number of sulfonamides is 1. The number of piperazine rings is 1. The van der Waals surface area contributed by atoms with Gasteiger partial charge < -0.3 is 9.47 Å². The van der Waals surface area contributed by atoms with Crippen LogP contribution in [0, 0.1) is 11.3 Å². The minimum absolute atomic E-state index is 0.162. The second-order valence-corrected chi connectivity index (χ2v) is 11.5. The van der Waals surface area contributed by atoms with Crippen LogP contribution in [0.4, 0.5) is 5.69 Å². The third-order valence-corrected chi connectivity index (χ3v) is 8.58. The molecule has 0 spiro atoms. The molecule has 0 N–H and O–H groups in total. The lowest BCUT2D eigenvalue weighted by atomic mass is 10.1. The van der Waals surface area contributed by atoms with Crippen LogP contribution in [0.3, 0.4) is 0 Å². The van der Waals surface area contributed by atoms with Crippen molar-refractivity contribution >= 4 is 39.5 Å². The van der Waals surface area contributed by atoms with E-state index in [9.17, 15) is 8.42 Å². The Bertz CT molecular complexity index is 1580. The van der Waals surface area contributed by atoms with Gasteiger partial charge in [-0.15, -0.1) is 0 Å². The molecule has 1 aromatic heterocycles. The molecule has 1 aliphatic rings. The monoisotopic (exact) mass is 543 g/mol. The number of anilines is 1. The van der Waals surface area contributed by atoms with Crippen LogP contribution < -0.4 is 4.90 Å². The molecule has 0 saturated carbocycles. The average molecular weight is 544 g/mol. The number of rotatable bonds is 7. The van der Waals surface area contributed by atoms with E-state index in [1.807, 2.05) is 35.0 Å². The van der Waals surface area contributed by atoms with E-state index in [-0.39, 0.29) is 4.90 Å². The Morgan fingerprint density at radius 3 is 2.42 bits per heavy atom. The zero-order valence-corrected chi connectivity index (χ0v) is 22.2. The Morgan fingerprint density at radius 2 is 1.71 bits per heavy atom. The minimum Gasteiger partial charge on any atom is -0.369 e. The van der Waals surface area contributed by atoms with E-state index in [1.165, 1.54) is 10.4 Å². The molecular formula is C29H26ClN5O2S. The first-order valence-corrected chi connectivity index (χ1v) is 14.0. The smallest absolute Gasteiger partial charge is 0.243 e. The predicted molar refractivity (Wildman–Crippen MR) is 150 cm³/mol. The summed E-state index contributed by atoms with van der Waals surface area (Å²) in [5.41, 5.74) is 4.57. The summed E-state index contributed by atoms with van der Waals surface area (Å²) in [6.07, 6.45) is 9.56. The van der Waals surface area contributed by atoms with Gasteiger partial charge in [-0.1, -0.05) is 42.0 Å². The van der Waals surface area contributed by atoms with E-state index >= 15 is 0 Å². The van der Waals surface area contributed by atoms with Gasteiger partial charge >= 0.3 is 0 Å². The van der Waals surface area contributed by atoms with E-state index in [2.05, 4.69) is 46.3 Å². The Hall–Kier alpha value is -3.90. The highest BCUT2D eigenvalue weighted by molar-refractivity contribution is 7.89. The molecule has 3 aromatic carbocycles. The molecule has 1 aliphatic heterocycles. The fraction of sp³-hybridized carbons (Fsp3) is 0.172. The molecule has 1 fully saturated rings. The van der Waals surface area contributed by atoms with Gasteiger partial charge in [0, 0.05) is 55.8 Å².